The average molecular weight is 504 g/mol. The molecule has 5 nitrogen and oxygen atoms in total. The minimum Gasteiger partial charge on any atom is -0.496 e. The molecule has 1 heterocycles. The second-order valence-electron chi connectivity index (χ2n) is 6.44. The number of anilines is 1. The molecule has 3 rings (SSSR count). The highest BCUT2D eigenvalue weighted by Crippen LogP contribution is 2.40. The summed E-state index contributed by atoms with van der Waals surface area (Å²) in [7, 11) is 2.82. The number of thiophene rings is 1. The maximum Gasteiger partial charge on any atom is 0.341 e. The topological polar surface area (TPSA) is 64.6 Å². The van der Waals surface area contributed by atoms with Gasteiger partial charge >= 0.3 is 5.97 Å². The van der Waals surface area contributed by atoms with Crippen molar-refractivity contribution >= 4 is 50.2 Å². The van der Waals surface area contributed by atoms with Crippen molar-refractivity contribution in [1.29, 1.82) is 0 Å². The molecule has 0 radical (unpaired) electrons. The van der Waals surface area contributed by atoms with E-state index in [0.717, 1.165) is 14.9 Å². The first-order valence-corrected chi connectivity index (χ1v) is 10.7. The van der Waals surface area contributed by atoms with Gasteiger partial charge in [-0.25, -0.2) is 9.18 Å². The fraction of sp³-hybridized carbons (Fsp3) is 0.130. The van der Waals surface area contributed by atoms with Crippen LogP contribution in [0.3, 0.4) is 0 Å². The van der Waals surface area contributed by atoms with Gasteiger partial charge < -0.3 is 14.8 Å². The van der Waals surface area contributed by atoms with Gasteiger partial charge in [0.05, 0.1) is 14.2 Å². The molecule has 0 atom stereocenters. The number of amides is 1. The number of hydrogen-bond donors (Lipinski definition) is 1. The van der Waals surface area contributed by atoms with Crippen molar-refractivity contribution in [3.05, 3.63) is 74.8 Å². The Balaban J connectivity index is 1.93. The lowest BCUT2D eigenvalue weighted by atomic mass is 10.0. The Hall–Kier alpha value is -2.97. The number of esters is 1. The van der Waals surface area contributed by atoms with E-state index in [1.54, 1.807) is 31.4 Å². The highest BCUT2D eigenvalue weighted by molar-refractivity contribution is 9.10. The summed E-state index contributed by atoms with van der Waals surface area (Å²) < 4.78 is 24.4. The monoisotopic (exact) mass is 503 g/mol. The summed E-state index contributed by atoms with van der Waals surface area (Å²) in [6.07, 6.45) is 2.98. The lowest BCUT2D eigenvalue weighted by Crippen LogP contribution is -2.11. The maximum atomic E-state index is 13.3. The van der Waals surface area contributed by atoms with Crippen molar-refractivity contribution in [2.45, 2.75) is 6.92 Å². The molecule has 1 N–H and O–H groups in total. The van der Waals surface area contributed by atoms with Crippen LogP contribution < -0.4 is 10.1 Å². The van der Waals surface area contributed by atoms with Gasteiger partial charge in [0.2, 0.25) is 5.91 Å². The smallest absolute Gasteiger partial charge is 0.341 e. The van der Waals surface area contributed by atoms with Gasteiger partial charge in [-0.1, -0.05) is 28.1 Å². The molecule has 8 heteroatoms. The molecular weight excluding hydrogens is 485 g/mol. The lowest BCUT2D eigenvalue weighted by molar-refractivity contribution is -0.111. The number of methoxy groups -OCH3 is 2. The van der Waals surface area contributed by atoms with Crippen molar-refractivity contribution in [1.82, 2.24) is 0 Å². The molecule has 0 saturated carbocycles. The molecule has 0 aliphatic heterocycles. The zero-order chi connectivity index (χ0) is 22.5. The zero-order valence-electron chi connectivity index (χ0n) is 17.0. The molecule has 0 aliphatic rings. The molecule has 0 bridgehead atoms. The maximum absolute atomic E-state index is 13.3. The fourth-order valence-electron chi connectivity index (χ4n) is 3.05. The van der Waals surface area contributed by atoms with Crippen molar-refractivity contribution in [2.24, 2.45) is 0 Å². The van der Waals surface area contributed by atoms with Crippen LogP contribution in [0.25, 0.3) is 17.2 Å². The molecule has 0 aliphatic carbocycles. The molecule has 2 aromatic carbocycles. The Kier molecular flexibility index (Phi) is 7.25. The Morgan fingerprint density at radius 2 is 1.84 bits per heavy atom. The third-order valence-electron chi connectivity index (χ3n) is 4.45. The van der Waals surface area contributed by atoms with Gasteiger partial charge in [0.25, 0.3) is 0 Å². The minimum atomic E-state index is -0.586. The number of rotatable bonds is 6. The largest absolute Gasteiger partial charge is 0.496 e. The zero-order valence-corrected chi connectivity index (χ0v) is 19.4. The molecule has 31 heavy (non-hydrogen) atoms. The second kappa shape index (κ2) is 9.89. The van der Waals surface area contributed by atoms with E-state index in [0.29, 0.717) is 21.9 Å². The Morgan fingerprint density at radius 1 is 1.13 bits per heavy atom. The molecule has 0 unspecified atom stereocenters. The summed E-state index contributed by atoms with van der Waals surface area (Å²) in [6.45, 7) is 1.83. The summed E-state index contributed by atoms with van der Waals surface area (Å²) in [4.78, 5) is 25.9. The van der Waals surface area contributed by atoms with E-state index in [1.807, 2.05) is 19.1 Å². The summed E-state index contributed by atoms with van der Waals surface area (Å²) in [5.41, 5.74) is 2.21. The van der Waals surface area contributed by atoms with Crippen LogP contribution in [0, 0.1) is 12.7 Å². The van der Waals surface area contributed by atoms with Crippen molar-refractivity contribution < 1.29 is 23.5 Å². The van der Waals surface area contributed by atoms with E-state index in [9.17, 15) is 14.0 Å². The number of nitrogens with one attached hydrogen (secondary N) is 1. The first-order valence-electron chi connectivity index (χ1n) is 9.14. The molecule has 160 valence electrons. The molecule has 0 fully saturated rings. The van der Waals surface area contributed by atoms with E-state index in [1.165, 1.54) is 36.7 Å². The van der Waals surface area contributed by atoms with Gasteiger partial charge in [0, 0.05) is 26.6 Å². The summed E-state index contributed by atoms with van der Waals surface area (Å²) in [6, 6.07) is 11.3. The molecular formula is C23H19BrFNO4S. The minimum absolute atomic E-state index is 0.235. The van der Waals surface area contributed by atoms with Crippen LogP contribution in [0.15, 0.2) is 53.0 Å². The molecule has 0 saturated heterocycles. The average Bonchev–Trinajstić information content (AvgIpc) is 3.07. The number of carbonyl (C=O) groups is 2. The highest BCUT2D eigenvalue weighted by atomic mass is 79.9. The quantitative estimate of drug-likeness (QED) is 0.327. The standard InChI is InChI=1S/C23H19BrFNO4S/c1-13-20(14-4-8-17(25)9-5-14)21(23(28)30-3)22(31-13)26-19(27)11-6-15-12-16(24)7-10-18(15)29-2/h4-12H,1-3H3,(H,26,27)/b11-6+. The third-order valence-corrected chi connectivity index (χ3v) is 5.96. The molecule has 0 spiro atoms. The highest BCUT2D eigenvalue weighted by Gasteiger charge is 2.24. The Morgan fingerprint density at radius 3 is 2.48 bits per heavy atom. The van der Waals surface area contributed by atoms with Crippen LogP contribution in [0.4, 0.5) is 9.39 Å². The first kappa shape index (κ1) is 22.7. The number of halogens is 2. The first-order chi connectivity index (χ1) is 14.8. The van der Waals surface area contributed by atoms with E-state index < -0.39 is 11.9 Å². The molecule has 3 aromatic rings. The van der Waals surface area contributed by atoms with Gasteiger partial charge in [-0.05, 0) is 48.9 Å². The van der Waals surface area contributed by atoms with E-state index in [2.05, 4.69) is 21.2 Å². The van der Waals surface area contributed by atoms with Crippen molar-refractivity contribution in [3.8, 4) is 16.9 Å². The fourth-order valence-corrected chi connectivity index (χ4v) is 4.49. The number of benzene rings is 2. The second-order valence-corrected chi connectivity index (χ2v) is 8.59. The number of ether oxygens (including phenoxy) is 2. The predicted octanol–water partition coefficient (Wildman–Crippen LogP) is 6.07. The van der Waals surface area contributed by atoms with Gasteiger partial charge in [-0.3, -0.25) is 4.79 Å². The number of aryl methyl sites for hydroxylation is 1. The van der Waals surface area contributed by atoms with Crippen LogP contribution in [0.2, 0.25) is 0 Å². The van der Waals surface area contributed by atoms with Crippen LogP contribution in [0.1, 0.15) is 20.8 Å². The van der Waals surface area contributed by atoms with Crippen LogP contribution in [-0.4, -0.2) is 26.1 Å². The van der Waals surface area contributed by atoms with Gasteiger partial charge in [0.1, 0.15) is 22.1 Å². The molecule has 1 aromatic heterocycles. The van der Waals surface area contributed by atoms with Gasteiger partial charge in [-0.2, -0.15) is 0 Å². The Bertz CT molecular complexity index is 1160. The van der Waals surface area contributed by atoms with Gasteiger partial charge in [-0.15, -0.1) is 11.3 Å². The number of carbonyl (C=O) groups excluding carboxylic acids is 2. The lowest BCUT2D eigenvalue weighted by Gasteiger charge is -2.08. The molecule has 1 amide bonds. The van der Waals surface area contributed by atoms with Gasteiger partial charge in [0.15, 0.2) is 0 Å². The summed E-state index contributed by atoms with van der Waals surface area (Å²) in [5.74, 6) is -0.762. The predicted molar refractivity (Wildman–Crippen MR) is 124 cm³/mol. The van der Waals surface area contributed by atoms with E-state index in [4.69, 9.17) is 9.47 Å². The normalized spacial score (nSPS) is 10.9. The SMILES string of the molecule is COC(=O)c1c(NC(=O)/C=C/c2cc(Br)ccc2OC)sc(C)c1-c1ccc(F)cc1. The van der Waals surface area contributed by atoms with Crippen LogP contribution in [0.5, 0.6) is 5.75 Å². The van der Waals surface area contributed by atoms with Crippen molar-refractivity contribution in [3.63, 3.8) is 0 Å². The van der Waals surface area contributed by atoms with E-state index in [-0.39, 0.29) is 11.4 Å². The van der Waals surface area contributed by atoms with Crippen molar-refractivity contribution in [2.75, 3.05) is 19.5 Å². The Labute approximate surface area is 191 Å². The summed E-state index contributed by atoms with van der Waals surface area (Å²) in [5, 5.41) is 3.12. The summed E-state index contributed by atoms with van der Waals surface area (Å²) >= 11 is 4.65. The van der Waals surface area contributed by atoms with Crippen LogP contribution in [-0.2, 0) is 9.53 Å². The van der Waals surface area contributed by atoms with Crippen LogP contribution >= 0.6 is 27.3 Å². The number of hydrogen-bond acceptors (Lipinski definition) is 5. The third kappa shape index (κ3) is 5.21. The van der Waals surface area contributed by atoms with E-state index >= 15 is 0 Å².